The number of nitrogens with zero attached hydrogens (tertiary/aromatic N) is 5. The van der Waals surface area contributed by atoms with Gasteiger partial charge in [-0.1, -0.05) is 35.9 Å². The minimum atomic E-state index is 0. The van der Waals surface area contributed by atoms with E-state index in [1.807, 2.05) is 53.1 Å². The fraction of sp³-hybridized carbons (Fsp3) is 0.318. The first-order chi connectivity index (χ1) is 14.7. The Labute approximate surface area is 204 Å². The third-order valence-corrected chi connectivity index (χ3v) is 5.31. The number of hydrogen-bond acceptors (Lipinski definition) is 4. The van der Waals surface area contributed by atoms with Crippen molar-refractivity contribution in [3.05, 3.63) is 71.8 Å². The van der Waals surface area contributed by atoms with Gasteiger partial charge in [-0.05, 0) is 43.7 Å². The number of guanidine groups is 1. The summed E-state index contributed by atoms with van der Waals surface area (Å²) < 4.78 is 1.96. The lowest BCUT2D eigenvalue weighted by Gasteiger charge is -2.20. The van der Waals surface area contributed by atoms with Crippen molar-refractivity contribution in [1.29, 1.82) is 0 Å². The molecule has 1 fully saturated rings. The van der Waals surface area contributed by atoms with Crippen LogP contribution in [0.15, 0.2) is 65.9 Å². The molecule has 1 aliphatic rings. The summed E-state index contributed by atoms with van der Waals surface area (Å²) in [6.07, 6.45) is 2.76. The maximum absolute atomic E-state index is 6.15. The lowest BCUT2D eigenvalue weighted by Crippen LogP contribution is -2.44. The van der Waals surface area contributed by atoms with Gasteiger partial charge in [-0.25, -0.2) is 4.99 Å². The van der Waals surface area contributed by atoms with Crippen LogP contribution in [0.4, 0.5) is 5.69 Å². The van der Waals surface area contributed by atoms with Gasteiger partial charge in [0.2, 0.25) is 0 Å². The maximum Gasteiger partial charge on any atom is 0.191 e. The van der Waals surface area contributed by atoms with E-state index in [2.05, 4.69) is 38.7 Å². The average molecular weight is 552 g/mol. The summed E-state index contributed by atoms with van der Waals surface area (Å²) in [5.41, 5.74) is 2.18. The van der Waals surface area contributed by atoms with Gasteiger partial charge in [0, 0.05) is 42.1 Å². The lowest BCUT2D eigenvalue weighted by atomic mass is 10.2. The van der Waals surface area contributed by atoms with Crippen molar-refractivity contribution < 1.29 is 0 Å². The normalized spacial score (nSPS) is 16.1. The molecule has 2 heterocycles. The number of halogens is 2. The van der Waals surface area contributed by atoms with E-state index < -0.39 is 0 Å². The highest BCUT2D eigenvalue weighted by Crippen LogP contribution is 2.23. The van der Waals surface area contributed by atoms with E-state index in [0.717, 1.165) is 54.2 Å². The molecule has 0 spiro atoms. The molecule has 1 aliphatic heterocycles. The summed E-state index contributed by atoms with van der Waals surface area (Å²) in [6, 6.07) is 18.4. The van der Waals surface area contributed by atoms with Crippen molar-refractivity contribution in [2.24, 2.45) is 4.99 Å². The number of hydrogen-bond donors (Lipinski definition) is 2. The number of rotatable bonds is 6. The summed E-state index contributed by atoms with van der Waals surface area (Å²) in [5, 5.41) is 16.0. The van der Waals surface area contributed by atoms with Crippen LogP contribution in [0.3, 0.4) is 0 Å². The predicted molar refractivity (Wildman–Crippen MR) is 137 cm³/mol. The third kappa shape index (κ3) is 6.10. The van der Waals surface area contributed by atoms with Crippen LogP contribution in [-0.4, -0.2) is 46.4 Å². The van der Waals surface area contributed by atoms with Crippen LogP contribution in [0.25, 0.3) is 5.69 Å². The van der Waals surface area contributed by atoms with Gasteiger partial charge in [-0.2, -0.15) is 0 Å². The molecule has 9 heteroatoms. The molecule has 0 radical (unpaired) electrons. The maximum atomic E-state index is 6.15. The molecule has 0 amide bonds. The molecule has 7 nitrogen and oxygen atoms in total. The van der Waals surface area contributed by atoms with E-state index in [1.165, 1.54) is 0 Å². The molecule has 164 valence electrons. The largest absolute Gasteiger partial charge is 0.369 e. The number of nitrogens with one attached hydrogen (secondary N) is 2. The Hall–Kier alpha value is -2.33. The molecular weight excluding hydrogens is 525 g/mol. The second-order valence-corrected chi connectivity index (χ2v) is 7.64. The van der Waals surface area contributed by atoms with Gasteiger partial charge in [-0.15, -0.1) is 34.2 Å². The van der Waals surface area contributed by atoms with Gasteiger partial charge >= 0.3 is 0 Å². The SMILES string of the molecule is CCNC(=NCc1nncn1-c1ccccc1)NC1CCN(c2cccc(Cl)c2)C1.I. The second kappa shape index (κ2) is 11.3. The minimum Gasteiger partial charge on any atom is -0.369 e. The van der Waals surface area contributed by atoms with Gasteiger partial charge in [0.05, 0.1) is 0 Å². The number of anilines is 1. The summed E-state index contributed by atoms with van der Waals surface area (Å²) in [5.74, 6) is 1.59. The first-order valence-electron chi connectivity index (χ1n) is 10.2. The van der Waals surface area contributed by atoms with Crippen molar-refractivity contribution in [1.82, 2.24) is 25.4 Å². The molecule has 1 atom stereocenters. The highest BCUT2D eigenvalue weighted by Gasteiger charge is 2.23. The monoisotopic (exact) mass is 551 g/mol. The van der Waals surface area contributed by atoms with Crippen LogP contribution in [0, 0.1) is 0 Å². The Morgan fingerprint density at radius 2 is 1.97 bits per heavy atom. The van der Waals surface area contributed by atoms with Crippen molar-refractivity contribution in [3.63, 3.8) is 0 Å². The van der Waals surface area contributed by atoms with Crippen molar-refractivity contribution in [2.75, 3.05) is 24.5 Å². The molecule has 3 aromatic rings. The zero-order chi connectivity index (χ0) is 20.8. The van der Waals surface area contributed by atoms with E-state index >= 15 is 0 Å². The minimum absolute atomic E-state index is 0. The van der Waals surface area contributed by atoms with Crippen LogP contribution in [0.1, 0.15) is 19.2 Å². The fourth-order valence-electron chi connectivity index (χ4n) is 3.62. The molecular formula is C22H27ClIN7. The number of aliphatic imine (C=N–C) groups is 1. The quantitative estimate of drug-likeness (QED) is 0.277. The summed E-state index contributed by atoms with van der Waals surface area (Å²) in [7, 11) is 0. The van der Waals surface area contributed by atoms with Gasteiger partial charge < -0.3 is 15.5 Å². The number of aromatic nitrogens is 3. The number of para-hydroxylation sites is 1. The first kappa shape index (κ1) is 23.3. The Kier molecular flexibility index (Phi) is 8.53. The second-order valence-electron chi connectivity index (χ2n) is 7.20. The Morgan fingerprint density at radius 3 is 2.74 bits per heavy atom. The molecule has 1 unspecified atom stereocenters. The van der Waals surface area contributed by atoms with Gasteiger partial charge in [0.25, 0.3) is 0 Å². The van der Waals surface area contributed by atoms with Crippen LogP contribution in [-0.2, 0) is 6.54 Å². The van der Waals surface area contributed by atoms with Gasteiger partial charge in [0.15, 0.2) is 11.8 Å². The topological polar surface area (TPSA) is 70.4 Å². The van der Waals surface area contributed by atoms with Crippen LogP contribution >= 0.6 is 35.6 Å². The Bertz CT molecular complexity index is 992. The number of benzene rings is 2. The van der Waals surface area contributed by atoms with Gasteiger partial charge in [-0.3, -0.25) is 4.57 Å². The Balaban J connectivity index is 0.00000272. The highest BCUT2D eigenvalue weighted by atomic mass is 127. The van der Waals surface area contributed by atoms with Crippen LogP contribution < -0.4 is 15.5 Å². The molecule has 4 rings (SSSR count). The molecule has 31 heavy (non-hydrogen) atoms. The molecule has 1 saturated heterocycles. The standard InChI is InChI=1S/C22H26ClN7.HI/c1-2-24-22(25-14-21-28-26-16-30(21)19-8-4-3-5-9-19)27-18-11-12-29(15-18)20-10-6-7-17(23)13-20;/h3-10,13,16,18H,2,11-12,14-15H2,1H3,(H2,24,25,27);1H. The lowest BCUT2D eigenvalue weighted by molar-refractivity contribution is 0.647. The van der Waals surface area contributed by atoms with E-state index in [0.29, 0.717) is 12.6 Å². The molecule has 1 aromatic heterocycles. The third-order valence-electron chi connectivity index (χ3n) is 5.08. The Morgan fingerprint density at radius 1 is 1.16 bits per heavy atom. The van der Waals surface area contributed by atoms with Crippen LogP contribution in [0.5, 0.6) is 0 Å². The molecule has 0 aliphatic carbocycles. The predicted octanol–water partition coefficient (Wildman–Crippen LogP) is 3.87. The zero-order valence-corrected chi connectivity index (χ0v) is 20.5. The zero-order valence-electron chi connectivity index (χ0n) is 17.4. The van der Waals surface area contributed by atoms with Crippen molar-refractivity contribution >= 4 is 47.2 Å². The fourth-order valence-corrected chi connectivity index (χ4v) is 3.80. The molecule has 0 bridgehead atoms. The molecule has 2 aromatic carbocycles. The van der Waals surface area contributed by atoms with E-state index in [9.17, 15) is 0 Å². The highest BCUT2D eigenvalue weighted by molar-refractivity contribution is 14.0. The van der Waals surface area contributed by atoms with Crippen LogP contribution in [0.2, 0.25) is 5.02 Å². The van der Waals surface area contributed by atoms with E-state index in [-0.39, 0.29) is 24.0 Å². The molecule has 2 N–H and O–H groups in total. The van der Waals surface area contributed by atoms with E-state index in [1.54, 1.807) is 6.33 Å². The molecule has 0 saturated carbocycles. The van der Waals surface area contributed by atoms with Gasteiger partial charge in [0.1, 0.15) is 12.9 Å². The summed E-state index contributed by atoms with van der Waals surface area (Å²) in [4.78, 5) is 7.10. The first-order valence-corrected chi connectivity index (χ1v) is 10.6. The summed E-state index contributed by atoms with van der Waals surface area (Å²) in [6.45, 7) is 5.19. The summed E-state index contributed by atoms with van der Waals surface area (Å²) >= 11 is 6.15. The van der Waals surface area contributed by atoms with Crippen molar-refractivity contribution in [3.8, 4) is 5.69 Å². The smallest absolute Gasteiger partial charge is 0.191 e. The van der Waals surface area contributed by atoms with E-state index in [4.69, 9.17) is 16.6 Å². The van der Waals surface area contributed by atoms with Crippen molar-refractivity contribution in [2.45, 2.75) is 25.9 Å². The average Bonchev–Trinajstić information content (AvgIpc) is 3.42.